The van der Waals surface area contributed by atoms with Gasteiger partial charge in [-0.3, -0.25) is 9.59 Å². The van der Waals surface area contributed by atoms with Crippen LogP contribution in [0.5, 0.6) is 0 Å². The molecule has 2 N–H and O–H groups in total. The molecule has 0 aliphatic rings. The molecular formula is C24H18F5N5O2. The third kappa shape index (κ3) is 5.48. The highest BCUT2D eigenvalue weighted by Crippen LogP contribution is 2.27. The van der Waals surface area contributed by atoms with Gasteiger partial charge in [0.25, 0.3) is 5.91 Å². The second-order valence-corrected chi connectivity index (χ2v) is 7.71. The van der Waals surface area contributed by atoms with Crippen molar-refractivity contribution in [2.45, 2.75) is 19.1 Å². The lowest BCUT2D eigenvalue weighted by Crippen LogP contribution is -2.30. The van der Waals surface area contributed by atoms with Gasteiger partial charge in [0, 0.05) is 18.5 Å². The molecule has 2 amide bonds. The van der Waals surface area contributed by atoms with Gasteiger partial charge in [-0.1, -0.05) is 24.3 Å². The maximum Gasteiger partial charge on any atom is 0.433 e. The number of aromatic nitrogens is 3. The van der Waals surface area contributed by atoms with Crippen LogP contribution in [0.3, 0.4) is 0 Å². The lowest BCUT2D eigenvalue weighted by molar-refractivity contribution is -0.141. The number of amides is 2. The fourth-order valence-electron chi connectivity index (χ4n) is 3.48. The SMILES string of the molecule is O=C(CCNC(=O)c1nc2ccccc2n1Cc1cccc(F)c1F)Nc1ccc(C(F)(F)F)nc1. The van der Waals surface area contributed by atoms with Gasteiger partial charge in [0.15, 0.2) is 17.5 Å². The monoisotopic (exact) mass is 503 g/mol. The van der Waals surface area contributed by atoms with Crippen molar-refractivity contribution in [3.05, 3.63) is 89.5 Å². The molecule has 7 nitrogen and oxygen atoms in total. The predicted molar refractivity (Wildman–Crippen MR) is 120 cm³/mol. The van der Waals surface area contributed by atoms with Crippen LogP contribution in [0.4, 0.5) is 27.6 Å². The van der Waals surface area contributed by atoms with Crippen molar-refractivity contribution in [1.82, 2.24) is 19.9 Å². The lowest BCUT2D eigenvalue weighted by Gasteiger charge is -2.11. The van der Waals surface area contributed by atoms with Gasteiger partial charge in [0.05, 0.1) is 29.5 Å². The maximum absolute atomic E-state index is 14.3. The highest BCUT2D eigenvalue weighted by Gasteiger charge is 2.32. The van der Waals surface area contributed by atoms with Crippen LogP contribution in [-0.2, 0) is 17.5 Å². The number of halogens is 5. The molecule has 0 fully saturated rings. The van der Waals surface area contributed by atoms with Crippen molar-refractivity contribution in [3.8, 4) is 0 Å². The van der Waals surface area contributed by atoms with E-state index in [4.69, 9.17) is 0 Å². The molecule has 0 aliphatic heterocycles. The predicted octanol–water partition coefficient (Wildman–Crippen LogP) is 4.54. The molecule has 0 unspecified atom stereocenters. The number of carbonyl (C=O) groups excluding carboxylic acids is 2. The standard InChI is InChI=1S/C24H18F5N5O2/c25-16-5-3-4-14(21(16)26)13-34-18-7-2-1-6-17(18)33-22(34)23(36)30-11-10-20(35)32-15-8-9-19(31-12-15)24(27,28)29/h1-9,12H,10-11,13H2,(H,30,36)(H,32,35). The van der Waals surface area contributed by atoms with Gasteiger partial charge < -0.3 is 15.2 Å². The van der Waals surface area contributed by atoms with Crippen LogP contribution in [0.2, 0.25) is 0 Å². The van der Waals surface area contributed by atoms with Crippen molar-refractivity contribution in [2.75, 3.05) is 11.9 Å². The van der Waals surface area contributed by atoms with Gasteiger partial charge in [-0.25, -0.2) is 18.7 Å². The molecule has 4 aromatic rings. The first kappa shape index (κ1) is 24.8. The number of benzene rings is 2. The van der Waals surface area contributed by atoms with Gasteiger partial charge in [0.2, 0.25) is 5.91 Å². The molecule has 2 heterocycles. The zero-order chi connectivity index (χ0) is 25.9. The van der Waals surface area contributed by atoms with E-state index in [0.29, 0.717) is 11.0 Å². The van der Waals surface area contributed by atoms with Gasteiger partial charge in [-0.15, -0.1) is 0 Å². The third-order valence-corrected chi connectivity index (χ3v) is 5.19. The number of hydrogen-bond acceptors (Lipinski definition) is 4. The number of nitrogens with one attached hydrogen (secondary N) is 2. The number of para-hydroxylation sites is 2. The number of alkyl halides is 3. The van der Waals surface area contributed by atoms with Crippen LogP contribution in [0, 0.1) is 11.6 Å². The number of imidazole rings is 1. The Morgan fingerprint density at radius 1 is 0.972 bits per heavy atom. The molecule has 0 saturated heterocycles. The molecule has 0 atom stereocenters. The lowest BCUT2D eigenvalue weighted by atomic mass is 10.2. The average Bonchev–Trinajstić information content (AvgIpc) is 3.20. The highest BCUT2D eigenvalue weighted by molar-refractivity contribution is 5.95. The van der Waals surface area contributed by atoms with Gasteiger partial charge in [0.1, 0.15) is 5.69 Å². The summed E-state index contributed by atoms with van der Waals surface area (Å²) < 4.78 is 67.1. The normalized spacial score (nSPS) is 11.5. The Balaban J connectivity index is 1.42. The van der Waals surface area contributed by atoms with Crippen molar-refractivity contribution in [1.29, 1.82) is 0 Å². The minimum absolute atomic E-state index is 0.0248. The molecule has 0 spiro atoms. The van der Waals surface area contributed by atoms with Gasteiger partial charge in [-0.2, -0.15) is 13.2 Å². The van der Waals surface area contributed by atoms with Gasteiger partial charge >= 0.3 is 6.18 Å². The Morgan fingerprint density at radius 2 is 1.75 bits per heavy atom. The van der Waals surface area contributed by atoms with Crippen LogP contribution in [-0.4, -0.2) is 32.9 Å². The first-order valence-electron chi connectivity index (χ1n) is 10.6. The van der Waals surface area contributed by atoms with E-state index in [1.165, 1.54) is 16.7 Å². The number of rotatable bonds is 7. The van der Waals surface area contributed by atoms with E-state index in [1.807, 2.05) is 0 Å². The molecule has 0 aliphatic carbocycles. The first-order valence-corrected chi connectivity index (χ1v) is 10.6. The maximum atomic E-state index is 14.3. The topological polar surface area (TPSA) is 88.9 Å². The van der Waals surface area contributed by atoms with E-state index in [1.54, 1.807) is 24.3 Å². The Labute approximate surface area is 201 Å². The Kier molecular flexibility index (Phi) is 6.95. The summed E-state index contributed by atoms with van der Waals surface area (Å²) in [6.45, 7) is -0.273. The summed E-state index contributed by atoms with van der Waals surface area (Å²) in [7, 11) is 0. The molecule has 36 heavy (non-hydrogen) atoms. The molecule has 12 heteroatoms. The zero-order valence-electron chi connectivity index (χ0n) is 18.4. The fourth-order valence-corrected chi connectivity index (χ4v) is 3.48. The summed E-state index contributed by atoms with van der Waals surface area (Å²) >= 11 is 0. The Bertz CT molecular complexity index is 1420. The first-order chi connectivity index (χ1) is 17.1. The van der Waals surface area contributed by atoms with E-state index in [2.05, 4.69) is 20.6 Å². The van der Waals surface area contributed by atoms with Crippen LogP contribution in [0.1, 0.15) is 28.3 Å². The highest BCUT2D eigenvalue weighted by atomic mass is 19.4. The van der Waals surface area contributed by atoms with Crippen LogP contribution >= 0.6 is 0 Å². The van der Waals surface area contributed by atoms with E-state index in [9.17, 15) is 31.5 Å². The van der Waals surface area contributed by atoms with Crippen LogP contribution < -0.4 is 10.6 Å². The number of nitrogens with zero attached hydrogens (tertiary/aromatic N) is 3. The van der Waals surface area contributed by atoms with Crippen LogP contribution in [0.15, 0.2) is 60.8 Å². The molecule has 4 rings (SSSR count). The average molecular weight is 503 g/mol. The third-order valence-electron chi connectivity index (χ3n) is 5.19. The van der Waals surface area contributed by atoms with Crippen LogP contribution in [0.25, 0.3) is 11.0 Å². The van der Waals surface area contributed by atoms with Crippen molar-refractivity contribution < 1.29 is 31.5 Å². The summed E-state index contributed by atoms with van der Waals surface area (Å²) in [5, 5.41) is 4.94. The summed E-state index contributed by atoms with van der Waals surface area (Å²) in [5.74, 6) is -3.32. The van der Waals surface area contributed by atoms with E-state index in [0.717, 1.165) is 24.4 Å². The van der Waals surface area contributed by atoms with Crippen molar-refractivity contribution in [2.24, 2.45) is 0 Å². The van der Waals surface area contributed by atoms with E-state index in [-0.39, 0.29) is 36.6 Å². The van der Waals surface area contributed by atoms with Crippen molar-refractivity contribution >= 4 is 28.5 Å². The molecule has 0 saturated carbocycles. The summed E-state index contributed by atoms with van der Waals surface area (Å²) in [6.07, 6.45) is -3.90. The quantitative estimate of drug-likeness (QED) is 0.363. The number of anilines is 1. The molecular weight excluding hydrogens is 485 g/mol. The number of hydrogen-bond donors (Lipinski definition) is 2. The summed E-state index contributed by atoms with van der Waals surface area (Å²) in [5.41, 5.74) is -0.00499. The largest absolute Gasteiger partial charge is 0.433 e. The summed E-state index contributed by atoms with van der Waals surface area (Å²) in [4.78, 5) is 32.5. The minimum Gasteiger partial charge on any atom is -0.349 e. The fraction of sp³-hybridized carbons (Fsp3) is 0.167. The molecule has 2 aromatic heterocycles. The minimum atomic E-state index is -4.59. The smallest absolute Gasteiger partial charge is 0.349 e. The molecule has 0 radical (unpaired) electrons. The summed E-state index contributed by atoms with van der Waals surface area (Å²) in [6, 6.07) is 12.3. The Hall–Kier alpha value is -4.35. The second-order valence-electron chi connectivity index (χ2n) is 7.71. The Morgan fingerprint density at radius 3 is 2.47 bits per heavy atom. The second kappa shape index (κ2) is 10.1. The molecule has 0 bridgehead atoms. The number of carbonyl (C=O) groups is 2. The van der Waals surface area contributed by atoms with E-state index < -0.39 is 35.3 Å². The van der Waals surface area contributed by atoms with Crippen molar-refractivity contribution in [3.63, 3.8) is 0 Å². The molecule has 2 aromatic carbocycles. The molecule has 186 valence electrons. The number of pyridine rings is 1. The zero-order valence-corrected chi connectivity index (χ0v) is 18.4. The van der Waals surface area contributed by atoms with E-state index >= 15 is 0 Å². The number of fused-ring (bicyclic) bond motifs is 1. The van der Waals surface area contributed by atoms with Gasteiger partial charge in [-0.05, 0) is 30.3 Å².